The molecule has 1 aliphatic heterocycles. The predicted octanol–water partition coefficient (Wildman–Crippen LogP) is 2.14. The lowest BCUT2D eigenvalue weighted by Crippen LogP contribution is -2.30. The van der Waals surface area contributed by atoms with Crippen molar-refractivity contribution in [1.82, 2.24) is 15.0 Å². The smallest absolute Gasteiger partial charge is 0.279 e. The summed E-state index contributed by atoms with van der Waals surface area (Å²) >= 11 is 1.54. The summed E-state index contributed by atoms with van der Waals surface area (Å²) in [7, 11) is 0. The quantitative estimate of drug-likeness (QED) is 0.726. The summed E-state index contributed by atoms with van der Waals surface area (Å²) < 4.78 is 12.1. The normalized spacial score (nSPS) is 15.3. The van der Waals surface area contributed by atoms with E-state index in [9.17, 15) is 9.59 Å². The van der Waals surface area contributed by atoms with Gasteiger partial charge in [-0.2, -0.15) is 0 Å². The molecule has 0 fully saturated rings. The number of thiophene rings is 1. The molecule has 3 heterocycles. The van der Waals surface area contributed by atoms with Crippen molar-refractivity contribution in [3.8, 4) is 11.5 Å². The van der Waals surface area contributed by atoms with Crippen molar-refractivity contribution >= 4 is 33.1 Å². The minimum Gasteiger partial charge on any atom is -0.486 e. The second-order valence-electron chi connectivity index (χ2n) is 6.85. The Bertz CT molecular complexity index is 1140. The van der Waals surface area contributed by atoms with Crippen LogP contribution in [0.2, 0.25) is 0 Å². The molecule has 0 saturated heterocycles. The van der Waals surface area contributed by atoms with Crippen molar-refractivity contribution in [1.29, 1.82) is 0 Å². The standard InChI is InChI=1S/C19H18N4O4S/c24-16(20-11-5-6-13-14(9-11)27-8-7-26-13)10-23-19(25)17-12-3-1-2-4-15(12)28-18(17)21-22-23/h5-6,9H,1-4,7-8,10H2,(H,20,24). The number of aryl methyl sites for hydroxylation is 2. The average Bonchev–Trinajstić information content (AvgIpc) is 3.09. The Morgan fingerprint density at radius 1 is 1.18 bits per heavy atom. The molecule has 2 aromatic heterocycles. The van der Waals surface area contributed by atoms with E-state index in [0.717, 1.165) is 35.9 Å². The number of carbonyl (C=O) groups excluding carboxylic acids is 1. The number of aromatic nitrogens is 3. The van der Waals surface area contributed by atoms with E-state index in [0.29, 0.717) is 40.6 Å². The van der Waals surface area contributed by atoms with Gasteiger partial charge in [0.1, 0.15) is 19.8 Å². The van der Waals surface area contributed by atoms with Gasteiger partial charge in [-0.1, -0.05) is 5.21 Å². The van der Waals surface area contributed by atoms with Crippen LogP contribution in [0.25, 0.3) is 10.2 Å². The van der Waals surface area contributed by atoms with Crippen LogP contribution < -0.4 is 20.3 Å². The highest BCUT2D eigenvalue weighted by Crippen LogP contribution is 2.33. The Morgan fingerprint density at radius 3 is 2.89 bits per heavy atom. The van der Waals surface area contributed by atoms with E-state index in [4.69, 9.17) is 9.47 Å². The molecule has 5 rings (SSSR count). The maximum Gasteiger partial charge on any atom is 0.279 e. The fourth-order valence-corrected chi connectivity index (χ4v) is 4.86. The first-order valence-electron chi connectivity index (χ1n) is 9.26. The molecular formula is C19H18N4O4S. The SMILES string of the molecule is O=C(Cn1nnc2sc3c(c2c1=O)CCCC3)Nc1ccc2c(c1)OCCO2. The van der Waals surface area contributed by atoms with Crippen LogP contribution in [0.15, 0.2) is 23.0 Å². The fraction of sp³-hybridized carbons (Fsp3) is 0.368. The Hall–Kier alpha value is -2.94. The van der Waals surface area contributed by atoms with Gasteiger partial charge in [-0.3, -0.25) is 9.59 Å². The second kappa shape index (κ2) is 6.90. The molecule has 28 heavy (non-hydrogen) atoms. The van der Waals surface area contributed by atoms with Crippen molar-refractivity contribution in [2.45, 2.75) is 32.2 Å². The van der Waals surface area contributed by atoms with Gasteiger partial charge in [-0.25, -0.2) is 4.68 Å². The number of amides is 1. The maximum absolute atomic E-state index is 12.9. The number of hydrogen-bond donors (Lipinski definition) is 1. The number of rotatable bonds is 3. The average molecular weight is 398 g/mol. The molecule has 0 bridgehead atoms. The molecule has 1 amide bonds. The van der Waals surface area contributed by atoms with E-state index in [1.54, 1.807) is 29.5 Å². The van der Waals surface area contributed by atoms with Gasteiger partial charge in [0.05, 0.1) is 5.39 Å². The zero-order valence-electron chi connectivity index (χ0n) is 15.1. The van der Waals surface area contributed by atoms with Gasteiger partial charge in [0.15, 0.2) is 16.3 Å². The highest BCUT2D eigenvalue weighted by Gasteiger charge is 2.21. The molecule has 9 heteroatoms. The maximum atomic E-state index is 12.9. The molecule has 1 N–H and O–H groups in total. The van der Waals surface area contributed by atoms with Gasteiger partial charge in [0.2, 0.25) is 5.91 Å². The van der Waals surface area contributed by atoms with E-state index in [1.807, 2.05) is 0 Å². The van der Waals surface area contributed by atoms with Crippen LogP contribution in [0.5, 0.6) is 11.5 Å². The van der Waals surface area contributed by atoms with E-state index >= 15 is 0 Å². The topological polar surface area (TPSA) is 95.3 Å². The van der Waals surface area contributed by atoms with Gasteiger partial charge in [-0.05, 0) is 43.4 Å². The molecule has 0 saturated carbocycles. The number of carbonyl (C=O) groups is 1. The third-order valence-electron chi connectivity index (χ3n) is 4.96. The van der Waals surface area contributed by atoms with Crippen LogP contribution in [0.4, 0.5) is 5.69 Å². The molecule has 0 radical (unpaired) electrons. The van der Waals surface area contributed by atoms with E-state index in [-0.39, 0.29) is 18.0 Å². The molecule has 3 aromatic rings. The van der Waals surface area contributed by atoms with Crippen LogP contribution in [0, 0.1) is 0 Å². The summed E-state index contributed by atoms with van der Waals surface area (Å²) in [4.78, 5) is 27.2. The van der Waals surface area contributed by atoms with Crippen LogP contribution in [-0.4, -0.2) is 34.1 Å². The molecule has 0 unspecified atom stereocenters. The summed E-state index contributed by atoms with van der Waals surface area (Å²) in [6.07, 6.45) is 4.09. The van der Waals surface area contributed by atoms with Gasteiger partial charge in [0, 0.05) is 16.6 Å². The van der Waals surface area contributed by atoms with Crippen LogP contribution in [0.3, 0.4) is 0 Å². The first-order valence-corrected chi connectivity index (χ1v) is 10.1. The van der Waals surface area contributed by atoms with Gasteiger partial charge in [-0.15, -0.1) is 16.4 Å². The van der Waals surface area contributed by atoms with Gasteiger partial charge in [0.25, 0.3) is 5.56 Å². The highest BCUT2D eigenvalue weighted by molar-refractivity contribution is 7.18. The van der Waals surface area contributed by atoms with E-state index in [1.165, 1.54) is 4.88 Å². The molecule has 1 aliphatic carbocycles. The lowest BCUT2D eigenvalue weighted by Gasteiger charge is -2.19. The highest BCUT2D eigenvalue weighted by atomic mass is 32.1. The first-order chi connectivity index (χ1) is 13.7. The van der Waals surface area contributed by atoms with Crippen LogP contribution in [0.1, 0.15) is 23.3 Å². The summed E-state index contributed by atoms with van der Waals surface area (Å²) in [6, 6.07) is 5.19. The van der Waals surface area contributed by atoms with Crippen molar-refractivity contribution in [3.63, 3.8) is 0 Å². The third kappa shape index (κ3) is 3.01. The Balaban J connectivity index is 1.38. The summed E-state index contributed by atoms with van der Waals surface area (Å²) in [5, 5.41) is 11.5. The molecule has 0 atom stereocenters. The number of ether oxygens (including phenoxy) is 2. The van der Waals surface area contributed by atoms with Gasteiger partial charge >= 0.3 is 0 Å². The third-order valence-corrected chi connectivity index (χ3v) is 6.14. The van der Waals surface area contributed by atoms with Gasteiger partial charge < -0.3 is 14.8 Å². The van der Waals surface area contributed by atoms with Crippen molar-refractivity contribution < 1.29 is 14.3 Å². The molecule has 0 spiro atoms. The Labute approximate surface area is 164 Å². The Morgan fingerprint density at radius 2 is 2.00 bits per heavy atom. The van der Waals surface area contributed by atoms with Crippen LogP contribution in [-0.2, 0) is 24.2 Å². The summed E-state index contributed by atoms with van der Waals surface area (Å²) in [5.41, 5.74) is 1.41. The molecule has 1 aromatic carbocycles. The number of hydrogen-bond acceptors (Lipinski definition) is 7. The first kappa shape index (κ1) is 17.2. The number of nitrogens with one attached hydrogen (secondary N) is 1. The minimum atomic E-state index is -0.350. The molecule has 8 nitrogen and oxygen atoms in total. The van der Waals surface area contributed by atoms with Crippen molar-refractivity contribution in [2.24, 2.45) is 0 Å². The fourth-order valence-electron chi connectivity index (χ4n) is 3.67. The van der Waals surface area contributed by atoms with E-state index < -0.39 is 0 Å². The molecule has 144 valence electrons. The summed E-state index contributed by atoms with van der Waals surface area (Å²) in [6.45, 7) is 0.788. The zero-order chi connectivity index (χ0) is 19.1. The number of fused-ring (bicyclic) bond motifs is 4. The predicted molar refractivity (Wildman–Crippen MR) is 104 cm³/mol. The zero-order valence-corrected chi connectivity index (χ0v) is 15.9. The summed E-state index contributed by atoms with van der Waals surface area (Å²) in [5.74, 6) is 0.892. The lowest BCUT2D eigenvalue weighted by atomic mass is 9.97. The minimum absolute atomic E-state index is 0.194. The monoisotopic (exact) mass is 398 g/mol. The van der Waals surface area contributed by atoms with Crippen LogP contribution >= 0.6 is 11.3 Å². The Kier molecular flexibility index (Phi) is 4.23. The molecular weight excluding hydrogens is 380 g/mol. The van der Waals surface area contributed by atoms with Crippen molar-refractivity contribution in [3.05, 3.63) is 39.0 Å². The largest absolute Gasteiger partial charge is 0.486 e. The molecule has 2 aliphatic rings. The van der Waals surface area contributed by atoms with Crippen molar-refractivity contribution in [2.75, 3.05) is 18.5 Å². The second-order valence-corrected chi connectivity index (χ2v) is 7.93. The van der Waals surface area contributed by atoms with E-state index in [2.05, 4.69) is 15.6 Å². The number of anilines is 1. The number of nitrogens with zero attached hydrogens (tertiary/aromatic N) is 3. The lowest BCUT2D eigenvalue weighted by molar-refractivity contribution is -0.117. The number of benzene rings is 1.